The van der Waals surface area contributed by atoms with Crippen LogP contribution in [0.1, 0.15) is 49.5 Å². The normalized spacial score (nSPS) is 28.7. The van der Waals surface area contributed by atoms with Crippen molar-refractivity contribution in [1.29, 1.82) is 0 Å². The van der Waals surface area contributed by atoms with Crippen LogP contribution >= 0.6 is 0 Å². The SMILES string of the molecule is Cc1ncc(NC(=O)N2C[C@@H]3CCC[C@@]3(C(=O)O)C2)c(C2CC2)n1. The fourth-order valence-electron chi connectivity index (χ4n) is 4.24. The molecule has 0 bridgehead atoms. The number of rotatable bonds is 3. The van der Waals surface area contributed by atoms with Gasteiger partial charge < -0.3 is 15.3 Å². The highest BCUT2D eigenvalue weighted by Crippen LogP contribution is 2.49. The van der Waals surface area contributed by atoms with E-state index in [2.05, 4.69) is 15.3 Å². The molecule has 1 saturated heterocycles. The number of fused-ring (bicyclic) bond motifs is 1. The quantitative estimate of drug-likeness (QED) is 0.887. The number of anilines is 1. The van der Waals surface area contributed by atoms with E-state index in [4.69, 9.17) is 0 Å². The molecule has 4 rings (SSSR count). The van der Waals surface area contributed by atoms with E-state index in [0.29, 0.717) is 36.9 Å². The first-order chi connectivity index (χ1) is 11.5. The highest BCUT2D eigenvalue weighted by atomic mass is 16.4. The Morgan fingerprint density at radius 2 is 2.17 bits per heavy atom. The first-order valence-electron chi connectivity index (χ1n) is 8.62. The van der Waals surface area contributed by atoms with Crippen LogP contribution in [-0.4, -0.2) is 45.1 Å². The molecule has 2 saturated carbocycles. The fourth-order valence-corrected chi connectivity index (χ4v) is 4.24. The number of carbonyl (C=O) groups excluding carboxylic acids is 1. The Kier molecular flexibility index (Phi) is 3.47. The molecule has 0 unspecified atom stereocenters. The number of hydrogen-bond donors (Lipinski definition) is 2. The topological polar surface area (TPSA) is 95.4 Å². The minimum absolute atomic E-state index is 0.0675. The molecular weight excluding hydrogens is 308 g/mol. The third kappa shape index (κ3) is 2.42. The summed E-state index contributed by atoms with van der Waals surface area (Å²) in [5.41, 5.74) is 0.818. The molecule has 7 heteroatoms. The van der Waals surface area contributed by atoms with Gasteiger partial charge in [0.15, 0.2) is 0 Å². The van der Waals surface area contributed by atoms with E-state index in [1.165, 1.54) is 0 Å². The zero-order chi connectivity index (χ0) is 16.9. The zero-order valence-electron chi connectivity index (χ0n) is 13.8. The van der Waals surface area contributed by atoms with E-state index in [9.17, 15) is 14.7 Å². The van der Waals surface area contributed by atoms with Crippen molar-refractivity contribution in [2.75, 3.05) is 18.4 Å². The number of hydrogen-bond acceptors (Lipinski definition) is 4. The Hall–Kier alpha value is -2.18. The molecule has 2 aliphatic carbocycles. The Labute approximate surface area is 140 Å². The lowest BCUT2D eigenvalue weighted by atomic mass is 9.81. The van der Waals surface area contributed by atoms with Crippen molar-refractivity contribution in [2.24, 2.45) is 11.3 Å². The zero-order valence-corrected chi connectivity index (χ0v) is 13.8. The highest BCUT2D eigenvalue weighted by molar-refractivity contribution is 5.91. The van der Waals surface area contributed by atoms with Crippen molar-refractivity contribution < 1.29 is 14.7 Å². The predicted octanol–water partition coefficient (Wildman–Crippen LogP) is 2.38. The smallest absolute Gasteiger partial charge is 0.321 e. The lowest BCUT2D eigenvalue weighted by Crippen LogP contribution is -2.38. The third-order valence-electron chi connectivity index (χ3n) is 5.73. The van der Waals surface area contributed by atoms with Crippen molar-refractivity contribution in [1.82, 2.24) is 14.9 Å². The second kappa shape index (κ2) is 5.43. The average Bonchev–Trinajstić information content (AvgIpc) is 3.18. The van der Waals surface area contributed by atoms with Gasteiger partial charge in [-0.1, -0.05) is 6.42 Å². The van der Waals surface area contributed by atoms with Crippen LogP contribution in [0, 0.1) is 18.3 Å². The molecule has 3 aliphatic rings. The maximum absolute atomic E-state index is 12.7. The van der Waals surface area contributed by atoms with Gasteiger partial charge in [-0.3, -0.25) is 4.79 Å². The van der Waals surface area contributed by atoms with Gasteiger partial charge >= 0.3 is 12.0 Å². The molecule has 2 heterocycles. The third-order valence-corrected chi connectivity index (χ3v) is 5.73. The number of amides is 2. The molecule has 2 N–H and O–H groups in total. The van der Waals surface area contributed by atoms with Crippen LogP contribution in [0.15, 0.2) is 6.20 Å². The van der Waals surface area contributed by atoms with Gasteiger partial charge in [-0.05, 0) is 38.5 Å². The molecule has 2 atom stereocenters. The molecule has 1 aromatic rings. The Bertz CT molecular complexity index is 703. The van der Waals surface area contributed by atoms with Crippen molar-refractivity contribution in [2.45, 2.75) is 44.9 Å². The largest absolute Gasteiger partial charge is 0.481 e. The lowest BCUT2D eigenvalue weighted by Gasteiger charge is -2.23. The molecule has 7 nitrogen and oxygen atoms in total. The van der Waals surface area contributed by atoms with E-state index in [1.54, 1.807) is 11.1 Å². The number of carboxylic acid groups (broad SMARTS) is 1. The Morgan fingerprint density at radius 1 is 1.38 bits per heavy atom. The maximum Gasteiger partial charge on any atom is 0.321 e. The summed E-state index contributed by atoms with van der Waals surface area (Å²) in [5.74, 6) is 0.413. The molecule has 0 spiro atoms. The van der Waals surface area contributed by atoms with Crippen LogP contribution in [0.4, 0.5) is 10.5 Å². The molecule has 2 amide bonds. The molecule has 0 aromatic carbocycles. The standard InChI is InChI=1S/C17H22N4O3/c1-10-18-7-13(14(19-10)11-4-5-11)20-16(24)21-8-12-3-2-6-17(12,9-21)15(22)23/h7,11-12H,2-6,8-9H2,1H3,(H,20,24)(H,22,23)/t12-,17+/m0/s1. The molecule has 1 aromatic heterocycles. The number of aromatic nitrogens is 2. The maximum atomic E-state index is 12.7. The first-order valence-corrected chi connectivity index (χ1v) is 8.62. The monoisotopic (exact) mass is 330 g/mol. The summed E-state index contributed by atoms with van der Waals surface area (Å²) < 4.78 is 0. The number of aryl methyl sites for hydroxylation is 1. The van der Waals surface area contributed by atoms with Crippen LogP contribution in [-0.2, 0) is 4.79 Å². The molecular formula is C17H22N4O3. The summed E-state index contributed by atoms with van der Waals surface area (Å²) >= 11 is 0. The van der Waals surface area contributed by atoms with E-state index >= 15 is 0 Å². The van der Waals surface area contributed by atoms with E-state index in [1.807, 2.05) is 6.92 Å². The molecule has 3 fully saturated rings. The lowest BCUT2D eigenvalue weighted by molar-refractivity contribution is -0.149. The number of carboxylic acids is 1. The molecule has 128 valence electrons. The number of aliphatic carboxylic acids is 1. The Morgan fingerprint density at radius 3 is 2.83 bits per heavy atom. The van der Waals surface area contributed by atoms with E-state index < -0.39 is 11.4 Å². The highest BCUT2D eigenvalue weighted by Gasteiger charge is 2.55. The van der Waals surface area contributed by atoms with Crippen LogP contribution < -0.4 is 5.32 Å². The van der Waals surface area contributed by atoms with Gasteiger partial charge in [0.05, 0.1) is 23.0 Å². The van der Waals surface area contributed by atoms with Gasteiger partial charge in [-0.25, -0.2) is 14.8 Å². The van der Waals surface area contributed by atoms with Crippen LogP contribution in [0.25, 0.3) is 0 Å². The molecule has 1 aliphatic heterocycles. The van der Waals surface area contributed by atoms with Crippen molar-refractivity contribution in [3.05, 3.63) is 17.7 Å². The number of urea groups is 1. The van der Waals surface area contributed by atoms with Gasteiger partial charge in [-0.2, -0.15) is 0 Å². The van der Waals surface area contributed by atoms with Gasteiger partial charge in [0.25, 0.3) is 0 Å². The number of nitrogens with zero attached hydrogens (tertiary/aromatic N) is 3. The van der Waals surface area contributed by atoms with Gasteiger partial charge in [0.1, 0.15) is 5.82 Å². The van der Waals surface area contributed by atoms with Crippen molar-refractivity contribution in [3.8, 4) is 0 Å². The van der Waals surface area contributed by atoms with Crippen molar-refractivity contribution >= 4 is 17.7 Å². The minimum atomic E-state index is -0.766. The van der Waals surface area contributed by atoms with Crippen LogP contribution in [0.3, 0.4) is 0 Å². The van der Waals surface area contributed by atoms with Crippen LogP contribution in [0.2, 0.25) is 0 Å². The summed E-state index contributed by atoms with van der Waals surface area (Å²) in [7, 11) is 0. The minimum Gasteiger partial charge on any atom is -0.481 e. The van der Waals surface area contributed by atoms with E-state index in [-0.39, 0.29) is 11.9 Å². The first kappa shape index (κ1) is 15.4. The summed E-state index contributed by atoms with van der Waals surface area (Å²) in [5, 5.41) is 12.6. The van der Waals surface area contributed by atoms with Gasteiger partial charge in [0, 0.05) is 19.0 Å². The summed E-state index contributed by atoms with van der Waals surface area (Å²) in [6, 6.07) is -0.237. The molecule has 24 heavy (non-hydrogen) atoms. The predicted molar refractivity (Wildman–Crippen MR) is 86.7 cm³/mol. The summed E-state index contributed by atoms with van der Waals surface area (Å²) in [6.45, 7) is 2.66. The fraction of sp³-hybridized carbons (Fsp3) is 0.647. The average molecular weight is 330 g/mol. The summed E-state index contributed by atoms with van der Waals surface area (Å²) in [4.78, 5) is 34.7. The number of carbonyl (C=O) groups is 2. The van der Waals surface area contributed by atoms with Gasteiger partial charge in [-0.15, -0.1) is 0 Å². The number of nitrogens with one attached hydrogen (secondary N) is 1. The second-order valence-electron chi connectivity index (χ2n) is 7.35. The number of likely N-dealkylation sites (tertiary alicyclic amines) is 1. The molecule has 0 radical (unpaired) electrons. The van der Waals surface area contributed by atoms with Gasteiger partial charge in [0.2, 0.25) is 0 Å². The Balaban J connectivity index is 1.51. The summed E-state index contributed by atoms with van der Waals surface area (Å²) in [6.07, 6.45) is 6.33. The van der Waals surface area contributed by atoms with Crippen LogP contribution in [0.5, 0.6) is 0 Å². The second-order valence-corrected chi connectivity index (χ2v) is 7.35. The van der Waals surface area contributed by atoms with E-state index in [0.717, 1.165) is 31.4 Å². The van der Waals surface area contributed by atoms with Crippen molar-refractivity contribution in [3.63, 3.8) is 0 Å².